The van der Waals surface area contributed by atoms with E-state index in [0.29, 0.717) is 13.1 Å². The first-order valence-corrected chi connectivity index (χ1v) is 5.03. The monoisotopic (exact) mass is 372 g/mol. The van der Waals surface area contributed by atoms with Crippen LogP contribution in [0.5, 0.6) is 0 Å². The van der Waals surface area contributed by atoms with Crippen LogP contribution in [-0.4, -0.2) is 79.3 Å². The van der Waals surface area contributed by atoms with Gasteiger partial charge in [-0.3, -0.25) is 19.2 Å². The minimum Gasteiger partial charge on any atom is -0.481 e. The number of hydrogen-bond acceptors (Lipinski definition) is 6. The van der Waals surface area contributed by atoms with Gasteiger partial charge >= 0.3 is 0 Å². The van der Waals surface area contributed by atoms with Gasteiger partial charge in [-0.15, -0.1) is 0 Å². The van der Waals surface area contributed by atoms with Gasteiger partial charge in [0, 0.05) is 40.8 Å². The lowest BCUT2D eigenvalue weighted by Crippen LogP contribution is -2.11. The summed E-state index contributed by atoms with van der Waals surface area (Å²) < 4.78 is 0. The Morgan fingerprint density at radius 2 is 0.583 bits per heavy atom. The highest BCUT2D eigenvalue weighted by molar-refractivity contribution is 5.63. The highest BCUT2D eigenvalue weighted by Crippen LogP contribution is 1.43. The summed E-state index contributed by atoms with van der Waals surface area (Å²) in [4.78, 5) is 36.0. The third-order valence-corrected chi connectivity index (χ3v) is 0.167. The van der Waals surface area contributed by atoms with E-state index in [1.807, 2.05) is 0 Å². The van der Waals surface area contributed by atoms with Gasteiger partial charge < -0.3 is 53.8 Å². The lowest BCUT2D eigenvalue weighted by molar-refractivity contribution is -0.135. The molecule has 154 valence electrons. The summed E-state index contributed by atoms with van der Waals surface area (Å²) in [6, 6.07) is 0. The quantitative estimate of drug-likeness (QED) is 0.258. The van der Waals surface area contributed by atoms with E-state index < -0.39 is 23.9 Å². The number of carboxylic acid groups (broad SMARTS) is 4. The molecule has 0 saturated carbocycles. The molecule has 0 aliphatic rings. The van der Waals surface area contributed by atoms with E-state index in [1.165, 1.54) is 0 Å². The van der Waals surface area contributed by atoms with Crippen LogP contribution in [0, 0.1) is 0 Å². The standard InChI is InChI=1S/C2H8N2.4C2H4O2.4H2O/c3-1-2-4;4*1-2(3)4;;;;/h1-4H2;4*1H3,(H,3,4);4*1H2. The van der Waals surface area contributed by atoms with Crippen LogP contribution in [0.2, 0.25) is 0 Å². The predicted octanol–water partition coefficient (Wildman–Crippen LogP) is -4.03. The zero-order valence-electron chi connectivity index (χ0n) is 14.0. The third kappa shape index (κ3) is 3690. The van der Waals surface area contributed by atoms with Gasteiger partial charge in [0.25, 0.3) is 23.9 Å². The minimum absolute atomic E-state index is 0. The smallest absolute Gasteiger partial charge is 0.300 e. The van der Waals surface area contributed by atoms with Crippen LogP contribution in [0.3, 0.4) is 0 Å². The summed E-state index contributed by atoms with van der Waals surface area (Å²) in [5.41, 5.74) is 9.81. The van der Waals surface area contributed by atoms with Gasteiger partial charge in [-0.05, 0) is 0 Å². The van der Waals surface area contributed by atoms with Crippen molar-refractivity contribution in [2.45, 2.75) is 27.7 Å². The van der Waals surface area contributed by atoms with Gasteiger partial charge in [-0.1, -0.05) is 0 Å². The summed E-state index contributed by atoms with van der Waals surface area (Å²) in [6.07, 6.45) is 0. The number of nitrogens with two attached hydrogens (primary N) is 2. The second kappa shape index (κ2) is 58.8. The highest BCUT2D eigenvalue weighted by atomic mass is 16.4. The second-order valence-electron chi connectivity index (χ2n) is 2.65. The van der Waals surface area contributed by atoms with Crippen LogP contribution in [0.1, 0.15) is 27.7 Å². The van der Waals surface area contributed by atoms with Gasteiger partial charge in [0.15, 0.2) is 0 Å². The van der Waals surface area contributed by atoms with Crippen LogP contribution >= 0.6 is 0 Å². The Balaban J connectivity index is -0.0000000161. The fraction of sp³-hybridized carbons (Fsp3) is 0.600. The molecule has 14 nitrogen and oxygen atoms in total. The van der Waals surface area contributed by atoms with Crippen LogP contribution in [0.15, 0.2) is 0 Å². The lowest BCUT2D eigenvalue weighted by atomic mass is 10.7. The van der Waals surface area contributed by atoms with Crippen LogP contribution in [0.25, 0.3) is 0 Å². The Kier molecular flexibility index (Phi) is 141. The van der Waals surface area contributed by atoms with Crippen LogP contribution in [0.4, 0.5) is 0 Å². The molecule has 0 aliphatic heterocycles. The lowest BCUT2D eigenvalue weighted by Gasteiger charge is -1.72. The van der Waals surface area contributed by atoms with E-state index in [1.54, 1.807) is 0 Å². The SMILES string of the molecule is CC(=O)O.CC(=O)O.CC(=O)O.CC(=O)O.NCCN.O.O.O.O. The molecule has 0 aromatic rings. The number of hydrogen-bond donors (Lipinski definition) is 6. The molecule has 0 bridgehead atoms. The van der Waals surface area contributed by atoms with E-state index in [9.17, 15) is 0 Å². The Morgan fingerprint density at radius 3 is 0.583 bits per heavy atom. The van der Waals surface area contributed by atoms with Gasteiger partial charge in [0.1, 0.15) is 0 Å². The van der Waals surface area contributed by atoms with Crippen molar-refractivity contribution in [2.75, 3.05) is 13.1 Å². The summed E-state index contributed by atoms with van der Waals surface area (Å²) in [5.74, 6) is -3.33. The first-order chi connectivity index (χ1) is 8.84. The van der Waals surface area contributed by atoms with E-state index in [2.05, 4.69) is 0 Å². The van der Waals surface area contributed by atoms with Crippen molar-refractivity contribution in [1.82, 2.24) is 0 Å². The van der Waals surface area contributed by atoms with Crippen LogP contribution < -0.4 is 11.5 Å². The zero-order chi connectivity index (χ0) is 17.7. The largest absolute Gasteiger partial charge is 0.481 e. The fourth-order valence-corrected chi connectivity index (χ4v) is 0. The van der Waals surface area contributed by atoms with E-state index in [-0.39, 0.29) is 21.9 Å². The number of carboxylic acids is 4. The molecule has 24 heavy (non-hydrogen) atoms. The molecule has 0 saturated heterocycles. The molecule has 0 radical (unpaired) electrons. The molecule has 0 amide bonds. The molecule has 0 aromatic carbocycles. The maximum atomic E-state index is 9.00. The van der Waals surface area contributed by atoms with E-state index >= 15 is 0 Å². The van der Waals surface area contributed by atoms with Gasteiger partial charge in [0.2, 0.25) is 0 Å². The molecular formula is C10H32N2O12. The molecule has 0 unspecified atom stereocenters. The maximum absolute atomic E-state index is 9.00. The molecule has 14 heteroatoms. The van der Waals surface area contributed by atoms with E-state index in [0.717, 1.165) is 27.7 Å². The second-order valence-corrected chi connectivity index (χ2v) is 2.65. The molecule has 0 rings (SSSR count). The highest BCUT2D eigenvalue weighted by Gasteiger charge is 1.66. The van der Waals surface area contributed by atoms with Crippen molar-refractivity contribution in [3.8, 4) is 0 Å². The normalized spacial score (nSPS) is 5.42. The predicted molar refractivity (Wildman–Crippen MR) is 85.8 cm³/mol. The first-order valence-electron chi connectivity index (χ1n) is 5.03. The molecule has 16 N–H and O–H groups in total. The Labute approximate surface area is 138 Å². The van der Waals surface area contributed by atoms with Gasteiger partial charge in [-0.2, -0.15) is 0 Å². The van der Waals surface area contributed by atoms with Crippen molar-refractivity contribution < 1.29 is 61.5 Å². The fourth-order valence-electron chi connectivity index (χ4n) is 0. The Hall–Kier alpha value is -2.36. The Bertz CT molecular complexity index is 194. The number of aliphatic carboxylic acids is 4. The molecular weight excluding hydrogens is 340 g/mol. The zero-order valence-corrected chi connectivity index (χ0v) is 14.0. The molecule has 0 heterocycles. The van der Waals surface area contributed by atoms with Crippen LogP contribution in [-0.2, 0) is 19.2 Å². The number of rotatable bonds is 1. The van der Waals surface area contributed by atoms with Crippen molar-refractivity contribution >= 4 is 23.9 Å². The van der Waals surface area contributed by atoms with Crippen molar-refractivity contribution in [3.05, 3.63) is 0 Å². The maximum Gasteiger partial charge on any atom is 0.300 e. The van der Waals surface area contributed by atoms with Crippen molar-refractivity contribution in [1.29, 1.82) is 0 Å². The van der Waals surface area contributed by atoms with E-state index in [4.69, 9.17) is 51.1 Å². The average Bonchev–Trinajstić information content (AvgIpc) is 2.13. The summed E-state index contributed by atoms with van der Waals surface area (Å²) in [7, 11) is 0. The first kappa shape index (κ1) is 57.7. The van der Waals surface area contributed by atoms with Crippen molar-refractivity contribution in [2.24, 2.45) is 11.5 Å². The topological polar surface area (TPSA) is 327 Å². The summed E-state index contributed by atoms with van der Waals surface area (Å²) in [6.45, 7) is 5.53. The molecule has 0 fully saturated rings. The molecule has 0 aromatic heterocycles. The third-order valence-electron chi connectivity index (χ3n) is 0.167. The average molecular weight is 372 g/mol. The van der Waals surface area contributed by atoms with Gasteiger partial charge in [-0.25, -0.2) is 0 Å². The molecule has 0 aliphatic carbocycles. The minimum atomic E-state index is -0.833. The number of carbonyl (C=O) groups is 4. The molecule has 0 spiro atoms. The summed E-state index contributed by atoms with van der Waals surface area (Å²) in [5, 5.41) is 29.7. The van der Waals surface area contributed by atoms with Gasteiger partial charge in [0.05, 0.1) is 0 Å². The summed E-state index contributed by atoms with van der Waals surface area (Å²) >= 11 is 0. The van der Waals surface area contributed by atoms with Crippen molar-refractivity contribution in [3.63, 3.8) is 0 Å². The Morgan fingerprint density at radius 1 is 0.542 bits per heavy atom. The molecule has 0 atom stereocenters.